The Morgan fingerprint density at radius 2 is 1.87 bits per heavy atom. The van der Waals surface area contributed by atoms with Crippen LogP contribution in [-0.2, 0) is 0 Å². The molecule has 0 fully saturated rings. The molecule has 0 spiro atoms. The van der Waals surface area contributed by atoms with Gasteiger partial charge in [-0.3, -0.25) is 4.79 Å². The molecule has 1 aliphatic heterocycles. The number of carbonyl (C=O) groups excluding carboxylic acids is 1. The molecule has 0 unspecified atom stereocenters. The zero-order valence-electron chi connectivity index (χ0n) is 11.8. The second-order valence-corrected chi connectivity index (χ2v) is 5.63. The molecule has 3 rings (SSSR count). The molecular formula is C16H12ClF3N2O. The Bertz CT molecular complexity index is 748. The topological polar surface area (TPSA) is 32.3 Å². The number of anilines is 1. The van der Waals surface area contributed by atoms with E-state index in [4.69, 9.17) is 11.6 Å². The number of amides is 1. The van der Waals surface area contributed by atoms with E-state index in [-0.39, 0.29) is 5.56 Å². The summed E-state index contributed by atoms with van der Waals surface area (Å²) in [4.78, 5) is 13.3. The molecule has 120 valence electrons. The van der Waals surface area contributed by atoms with Crippen molar-refractivity contribution in [1.82, 2.24) is 4.90 Å². The van der Waals surface area contributed by atoms with E-state index in [2.05, 4.69) is 5.32 Å². The Morgan fingerprint density at radius 1 is 1.13 bits per heavy atom. The third-order valence-corrected chi connectivity index (χ3v) is 3.77. The van der Waals surface area contributed by atoms with Gasteiger partial charge in [0.05, 0.1) is 5.56 Å². The summed E-state index contributed by atoms with van der Waals surface area (Å²) in [5.74, 6) is -0.665. The smallest absolute Gasteiger partial charge is 0.361 e. The van der Waals surface area contributed by atoms with Gasteiger partial charge in [0.1, 0.15) is 12.7 Å². The highest BCUT2D eigenvalue weighted by Crippen LogP contribution is 2.35. The second-order valence-electron chi connectivity index (χ2n) is 5.20. The van der Waals surface area contributed by atoms with Crippen LogP contribution in [0.2, 0.25) is 5.02 Å². The molecule has 1 aliphatic rings. The molecule has 0 aromatic heterocycles. The number of rotatable bonds is 2. The quantitative estimate of drug-likeness (QED) is 0.875. The standard InChI is InChI=1S/C16H12ClF3N2O/c17-11-5-3-4-10(8-11)14-21-13-7-2-1-6-12(13)15(23)22(14)9-16(18,19)20/h1-8,14,21H,9H2/t14-/m1/s1. The molecule has 3 nitrogen and oxygen atoms in total. The SMILES string of the molecule is O=C1c2ccccc2N[C@@H](c2cccc(Cl)c2)N1CC(F)(F)F. The first kappa shape index (κ1) is 15.7. The molecule has 1 amide bonds. The first-order chi connectivity index (χ1) is 10.8. The van der Waals surface area contributed by atoms with E-state index in [9.17, 15) is 18.0 Å². The number of para-hydroxylation sites is 1. The van der Waals surface area contributed by atoms with E-state index in [1.807, 2.05) is 0 Å². The van der Waals surface area contributed by atoms with E-state index >= 15 is 0 Å². The summed E-state index contributed by atoms with van der Waals surface area (Å²) in [6.07, 6.45) is -5.43. The molecule has 2 aromatic carbocycles. The van der Waals surface area contributed by atoms with Crippen LogP contribution in [-0.4, -0.2) is 23.5 Å². The summed E-state index contributed by atoms with van der Waals surface area (Å²) in [5.41, 5.74) is 1.21. The third kappa shape index (κ3) is 3.27. The van der Waals surface area contributed by atoms with Crippen molar-refractivity contribution in [3.63, 3.8) is 0 Å². The van der Waals surface area contributed by atoms with Crippen molar-refractivity contribution in [2.24, 2.45) is 0 Å². The summed E-state index contributed by atoms with van der Waals surface area (Å²) >= 11 is 5.93. The Balaban J connectivity index is 2.06. The Kier molecular flexibility index (Phi) is 3.93. The molecule has 1 atom stereocenters. The average molecular weight is 341 g/mol. The predicted molar refractivity (Wildman–Crippen MR) is 81.3 cm³/mol. The highest BCUT2D eigenvalue weighted by atomic mass is 35.5. The largest absolute Gasteiger partial charge is 0.406 e. The molecule has 0 bridgehead atoms. The summed E-state index contributed by atoms with van der Waals surface area (Å²) in [6, 6.07) is 12.9. The van der Waals surface area contributed by atoms with E-state index < -0.39 is 24.8 Å². The highest BCUT2D eigenvalue weighted by molar-refractivity contribution is 6.30. The number of nitrogens with zero attached hydrogens (tertiary/aromatic N) is 1. The van der Waals surface area contributed by atoms with Crippen LogP contribution in [0.4, 0.5) is 18.9 Å². The van der Waals surface area contributed by atoms with Crippen LogP contribution in [0, 0.1) is 0 Å². The molecule has 23 heavy (non-hydrogen) atoms. The Morgan fingerprint density at radius 3 is 2.57 bits per heavy atom. The first-order valence-corrected chi connectivity index (χ1v) is 7.22. The first-order valence-electron chi connectivity index (χ1n) is 6.84. The average Bonchev–Trinajstić information content (AvgIpc) is 2.49. The number of fused-ring (bicyclic) bond motifs is 1. The lowest BCUT2D eigenvalue weighted by Crippen LogP contribution is -2.47. The molecule has 0 aliphatic carbocycles. The maximum Gasteiger partial charge on any atom is 0.406 e. The van der Waals surface area contributed by atoms with Gasteiger partial charge in [-0.05, 0) is 29.8 Å². The van der Waals surface area contributed by atoms with Gasteiger partial charge in [-0.2, -0.15) is 13.2 Å². The van der Waals surface area contributed by atoms with E-state index in [0.29, 0.717) is 16.3 Å². The fourth-order valence-electron chi connectivity index (χ4n) is 2.59. The number of hydrogen-bond acceptors (Lipinski definition) is 2. The van der Waals surface area contributed by atoms with Crippen LogP contribution in [0.5, 0.6) is 0 Å². The molecule has 1 N–H and O–H groups in total. The summed E-state index contributed by atoms with van der Waals surface area (Å²) < 4.78 is 38.7. The van der Waals surface area contributed by atoms with Crippen molar-refractivity contribution in [2.75, 3.05) is 11.9 Å². The van der Waals surface area contributed by atoms with Gasteiger partial charge >= 0.3 is 6.18 Å². The van der Waals surface area contributed by atoms with E-state index in [1.54, 1.807) is 42.5 Å². The number of halogens is 4. The number of hydrogen-bond donors (Lipinski definition) is 1. The van der Waals surface area contributed by atoms with Crippen LogP contribution in [0.3, 0.4) is 0 Å². The summed E-state index contributed by atoms with van der Waals surface area (Å²) in [7, 11) is 0. The minimum atomic E-state index is -4.50. The van der Waals surface area contributed by atoms with Crippen LogP contribution in [0.1, 0.15) is 22.1 Å². The maximum atomic E-state index is 12.9. The van der Waals surface area contributed by atoms with Crippen LogP contribution in [0.15, 0.2) is 48.5 Å². The summed E-state index contributed by atoms with van der Waals surface area (Å²) in [6.45, 7) is -1.34. The van der Waals surface area contributed by atoms with Crippen molar-refractivity contribution in [3.8, 4) is 0 Å². The van der Waals surface area contributed by atoms with E-state index in [0.717, 1.165) is 4.90 Å². The molecule has 0 saturated heterocycles. The minimum absolute atomic E-state index is 0.218. The van der Waals surface area contributed by atoms with Gasteiger partial charge in [0.2, 0.25) is 0 Å². The number of benzene rings is 2. The predicted octanol–water partition coefficient (Wildman–Crippen LogP) is 4.47. The zero-order chi connectivity index (χ0) is 16.6. The van der Waals surface area contributed by atoms with Crippen LogP contribution < -0.4 is 5.32 Å². The monoisotopic (exact) mass is 340 g/mol. The van der Waals surface area contributed by atoms with Crippen molar-refractivity contribution >= 4 is 23.2 Å². The van der Waals surface area contributed by atoms with Crippen molar-refractivity contribution in [3.05, 3.63) is 64.7 Å². The van der Waals surface area contributed by atoms with Gasteiger partial charge in [-0.25, -0.2) is 0 Å². The van der Waals surface area contributed by atoms with Crippen molar-refractivity contribution in [2.45, 2.75) is 12.3 Å². The zero-order valence-corrected chi connectivity index (χ0v) is 12.5. The number of carbonyl (C=O) groups is 1. The third-order valence-electron chi connectivity index (χ3n) is 3.54. The van der Waals surface area contributed by atoms with Gasteiger partial charge < -0.3 is 10.2 Å². The molecule has 0 radical (unpaired) electrons. The lowest BCUT2D eigenvalue weighted by atomic mass is 10.0. The lowest BCUT2D eigenvalue weighted by Gasteiger charge is -2.38. The molecule has 0 saturated carbocycles. The fraction of sp³-hybridized carbons (Fsp3) is 0.188. The fourth-order valence-corrected chi connectivity index (χ4v) is 2.79. The van der Waals surface area contributed by atoms with Crippen LogP contribution in [0.25, 0.3) is 0 Å². The van der Waals surface area contributed by atoms with Gasteiger partial charge in [0, 0.05) is 10.7 Å². The highest BCUT2D eigenvalue weighted by Gasteiger charge is 2.40. The number of nitrogens with one attached hydrogen (secondary N) is 1. The normalized spacial score (nSPS) is 17.7. The van der Waals surface area contributed by atoms with Gasteiger partial charge in [0.25, 0.3) is 5.91 Å². The Hall–Kier alpha value is -2.21. The maximum absolute atomic E-state index is 12.9. The van der Waals surface area contributed by atoms with Crippen LogP contribution >= 0.6 is 11.6 Å². The molecule has 1 heterocycles. The summed E-state index contributed by atoms with van der Waals surface area (Å²) in [5, 5.41) is 3.38. The van der Waals surface area contributed by atoms with Gasteiger partial charge in [0.15, 0.2) is 0 Å². The lowest BCUT2D eigenvalue weighted by molar-refractivity contribution is -0.144. The number of alkyl halides is 3. The Labute approximate surface area is 135 Å². The molecule has 7 heteroatoms. The van der Waals surface area contributed by atoms with Crippen molar-refractivity contribution in [1.29, 1.82) is 0 Å². The second kappa shape index (κ2) is 5.77. The van der Waals surface area contributed by atoms with Gasteiger partial charge in [-0.15, -0.1) is 0 Å². The van der Waals surface area contributed by atoms with Crippen molar-refractivity contribution < 1.29 is 18.0 Å². The van der Waals surface area contributed by atoms with E-state index in [1.165, 1.54) is 6.07 Å². The van der Waals surface area contributed by atoms with Gasteiger partial charge in [-0.1, -0.05) is 35.9 Å². The minimum Gasteiger partial charge on any atom is -0.361 e. The molecule has 2 aromatic rings. The molecular weight excluding hydrogens is 329 g/mol.